The molecule has 0 radical (unpaired) electrons. The molecule has 1 saturated heterocycles. The SMILES string of the molecule is CCCCc1ccc(C(=O)N2CCSC2c2cccnc2)cc1. The predicted molar refractivity (Wildman–Crippen MR) is 95.5 cm³/mol. The van der Waals surface area contributed by atoms with Gasteiger partial charge in [-0.15, -0.1) is 11.8 Å². The fraction of sp³-hybridized carbons (Fsp3) is 0.368. The van der Waals surface area contributed by atoms with Crippen molar-refractivity contribution in [2.75, 3.05) is 12.3 Å². The summed E-state index contributed by atoms with van der Waals surface area (Å²) in [6.45, 7) is 2.99. The van der Waals surface area contributed by atoms with Gasteiger partial charge in [-0.05, 0) is 36.6 Å². The average Bonchev–Trinajstić information content (AvgIpc) is 3.10. The minimum atomic E-state index is 0.0796. The first kappa shape index (κ1) is 16.1. The van der Waals surface area contributed by atoms with Crippen LogP contribution in [0.2, 0.25) is 0 Å². The monoisotopic (exact) mass is 326 g/mol. The second-order valence-corrected chi connectivity index (χ2v) is 7.00. The Bertz CT molecular complexity index is 642. The van der Waals surface area contributed by atoms with Crippen molar-refractivity contribution in [2.45, 2.75) is 31.6 Å². The second-order valence-electron chi connectivity index (χ2n) is 5.81. The first-order valence-corrected chi connectivity index (χ1v) is 9.26. The van der Waals surface area contributed by atoms with Crippen LogP contribution >= 0.6 is 11.8 Å². The van der Waals surface area contributed by atoms with Gasteiger partial charge in [0.1, 0.15) is 5.37 Å². The number of hydrogen-bond donors (Lipinski definition) is 0. The molecule has 1 aliphatic rings. The van der Waals surface area contributed by atoms with Gasteiger partial charge in [-0.25, -0.2) is 0 Å². The number of nitrogens with zero attached hydrogens (tertiary/aromatic N) is 2. The zero-order valence-electron chi connectivity index (χ0n) is 13.4. The maximum atomic E-state index is 12.8. The van der Waals surface area contributed by atoms with Crippen molar-refractivity contribution < 1.29 is 4.79 Å². The van der Waals surface area contributed by atoms with Gasteiger partial charge >= 0.3 is 0 Å². The van der Waals surface area contributed by atoms with Crippen LogP contribution in [0.25, 0.3) is 0 Å². The second kappa shape index (κ2) is 7.64. The van der Waals surface area contributed by atoms with Gasteiger partial charge in [0.15, 0.2) is 0 Å². The van der Waals surface area contributed by atoms with Crippen LogP contribution < -0.4 is 0 Å². The molecule has 3 rings (SSSR count). The van der Waals surface area contributed by atoms with Gasteiger partial charge in [-0.1, -0.05) is 31.5 Å². The molecule has 3 nitrogen and oxygen atoms in total. The molecule has 0 bridgehead atoms. The van der Waals surface area contributed by atoms with E-state index in [1.807, 2.05) is 35.4 Å². The van der Waals surface area contributed by atoms with Crippen LogP contribution in [0.4, 0.5) is 0 Å². The minimum absolute atomic E-state index is 0.0796. The number of pyridine rings is 1. The van der Waals surface area contributed by atoms with Crippen LogP contribution in [0.15, 0.2) is 48.8 Å². The molecule has 1 aromatic carbocycles. The third-order valence-electron chi connectivity index (χ3n) is 4.14. The first-order chi connectivity index (χ1) is 11.3. The van der Waals surface area contributed by atoms with Crippen LogP contribution in [-0.2, 0) is 6.42 Å². The molecule has 1 aromatic heterocycles. The molecule has 0 saturated carbocycles. The molecule has 2 heterocycles. The van der Waals surface area contributed by atoms with Gasteiger partial charge in [-0.2, -0.15) is 0 Å². The summed E-state index contributed by atoms with van der Waals surface area (Å²) in [5, 5.41) is 0.0796. The summed E-state index contributed by atoms with van der Waals surface area (Å²) in [6.07, 6.45) is 7.10. The van der Waals surface area contributed by atoms with Gasteiger partial charge in [-0.3, -0.25) is 9.78 Å². The average molecular weight is 326 g/mol. The number of carbonyl (C=O) groups is 1. The van der Waals surface area contributed by atoms with Crippen molar-refractivity contribution in [1.29, 1.82) is 0 Å². The van der Waals surface area contributed by atoms with E-state index in [9.17, 15) is 4.79 Å². The molecule has 1 atom stereocenters. The Labute approximate surface area is 142 Å². The van der Waals surface area contributed by atoms with E-state index in [1.165, 1.54) is 18.4 Å². The van der Waals surface area contributed by atoms with Crippen LogP contribution in [0.5, 0.6) is 0 Å². The van der Waals surface area contributed by atoms with Crippen molar-refractivity contribution in [3.05, 3.63) is 65.5 Å². The molecular weight excluding hydrogens is 304 g/mol. The molecule has 1 unspecified atom stereocenters. The highest BCUT2D eigenvalue weighted by Crippen LogP contribution is 2.38. The Hall–Kier alpha value is -1.81. The van der Waals surface area contributed by atoms with Gasteiger partial charge < -0.3 is 4.90 Å². The zero-order chi connectivity index (χ0) is 16.1. The van der Waals surface area contributed by atoms with E-state index in [4.69, 9.17) is 0 Å². The van der Waals surface area contributed by atoms with E-state index in [1.54, 1.807) is 18.0 Å². The lowest BCUT2D eigenvalue weighted by Crippen LogP contribution is -2.30. The number of benzene rings is 1. The number of carbonyl (C=O) groups excluding carboxylic acids is 1. The minimum Gasteiger partial charge on any atom is -0.322 e. The highest BCUT2D eigenvalue weighted by molar-refractivity contribution is 7.99. The summed E-state index contributed by atoms with van der Waals surface area (Å²) >= 11 is 1.81. The number of amides is 1. The van der Waals surface area contributed by atoms with Crippen molar-refractivity contribution in [2.24, 2.45) is 0 Å². The smallest absolute Gasteiger partial charge is 0.255 e. The number of hydrogen-bond acceptors (Lipinski definition) is 3. The molecule has 1 aliphatic heterocycles. The quantitative estimate of drug-likeness (QED) is 0.821. The van der Waals surface area contributed by atoms with Gasteiger partial charge in [0.25, 0.3) is 5.91 Å². The van der Waals surface area contributed by atoms with Crippen LogP contribution in [0.3, 0.4) is 0 Å². The summed E-state index contributed by atoms with van der Waals surface area (Å²) < 4.78 is 0. The predicted octanol–water partition coefficient (Wildman–Crippen LogP) is 4.31. The molecular formula is C19H22N2OS. The summed E-state index contributed by atoms with van der Waals surface area (Å²) in [7, 11) is 0. The standard InChI is InChI=1S/C19H22N2OS/c1-2-3-5-15-7-9-16(10-8-15)18(22)21-12-13-23-19(21)17-6-4-11-20-14-17/h4,6-11,14,19H,2-3,5,12-13H2,1H3. The lowest BCUT2D eigenvalue weighted by molar-refractivity contribution is 0.0760. The molecule has 2 aromatic rings. The van der Waals surface area contributed by atoms with E-state index in [0.717, 1.165) is 29.8 Å². The Morgan fingerprint density at radius 3 is 2.83 bits per heavy atom. The number of aryl methyl sites for hydroxylation is 1. The zero-order valence-corrected chi connectivity index (χ0v) is 14.3. The largest absolute Gasteiger partial charge is 0.322 e. The van der Waals surface area contributed by atoms with E-state index < -0.39 is 0 Å². The van der Waals surface area contributed by atoms with Crippen LogP contribution in [0, 0.1) is 0 Å². The summed E-state index contributed by atoms with van der Waals surface area (Å²) in [5.74, 6) is 1.09. The van der Waals surface area contributed by atoms with Gasteiger partial charge in [0.2, 0.25) is 0 Å². The van der Waals surface area contributed by atoms with Crippen molar-refractivity contribution >= 4 is 17.7 Å². The first-order valence-electron chi connectivity index (χ1n) is 8.21. The Kier molecular flexibility index (Phi) is 5.34. The van der Waals surface area contributed by atoms with Crippen LogP contribution in [0.1, 0.15) is 46.6 Å². The molecule has 0 aliphatic carbocycles. The number of aromatic nitrogens is 1. The normalized spacial score (nSPS) is 17.4. The lowest BCUT2D eigenvalue weighted by atomic mass is 10.1. The molecule has 1 amide bonds. The van der Waals surface area contributed by atoms with E-state index in [0.29, 0.717) is 0 Å². The van der Waals surface area contributed by atoms with E-state index in [-0.39, 0.29) is 11.3 Å². The van der Waals surface area contributed by atoms with Crippen molar-refractivity contribution in [3.8, 4) is 0 Å². The number of unbranched alkanes of at least 4 members (excludes halogenated alkanes) is 1. The Morgan fingerprint density at radius 2 is 2.13 bits per heavy atom. The van der Waals surface area contributed by atoms with Crippen LogP contribution in [-0.4, -0.2) is 28.1 Å². The highest BCUT2D eigenvalue weighted by atomic mass is 32.2. The molecule has 1 fully saturated rings. The van der Waals surface area contributed by atoms with E-state index in [2.05, 4.69) is 24.0 Å². The summed E-state index contributed by atoms with van der Waals surface area (Å²) in [5.41, 5.74) is 3.19. The lowest BCUT2D eigenvalue weighted by Gasteiger charge is -2.24. The molecule has 0 spiro atoms. The van der Waals surface area contributed by atoms with Crippen molar-refractivity contribution in [3.63, 3.8) is 0 Å². The summed E-state index contributed by atoms with van der Waals surface area (Å²) in [4.78, 5) is 19.0. The van der Waals surface area contributed by atoms with E-state index >= 15 is 0 Å². The fourth-order valence-electron chi connectivity index (χ4n) is 2.84. The third-order valence-corrected chi connectivity index (χ3v) is 5.40. The molecule has 4 heteroatoms. The Balaban J connectivity index is 1.74. The maximum Gasteiger partial charge on any atom is 0.255 e. The van der Waals surface area contributed by atoms with Gasteiger partial charge in [0, 0.05) is 35.8 Å². The van der Waals surface area contributed by atoms with Crippen molar-refractivity contribution in [1.82, 2.24) is 9.88 Å². The Morgan fingerprint density at radius 1 is 1.30 bits per heavy atom. The maximum absolute atomic E-state index is 12.8. The molecule has 23 heavy (non-hydrogen) atoms. The topological polar surface area (TPSA) is 33.2 Å². The highest BCUT2D eigenvalue weighted by Gasteiger charge is 2.31. The number of rotatable bonds is 5. The molecule has 0 N–H and O–H groups in total. The third kappa shape index (κ3) is 3.75. The number of thioether (sulfide) groups is 1. The fourth-order valence-corrected chi connectivity index (χ4v) is 4.08. The molecule has 120 valence electrons. The summed E-state index contributed by atoms with van der Waals surface area (Å²) in [6, 6.07) is 12.1. The van der Waals surface area contributed by atoms with Gasteiger partial charge in [0.05, 0.1) is 0 Å².